The van der Waals surface area contributed by atoms with Crippen LogP contribution in [0.3, 0.4) is 0 Å². The number of carbonyl (C=O) groups excluding carboxylic acids is 1. The van der Waals surface area contributed by atoms with Crippen LogP contribution in [0.4, 0.5) is 4.79 Å². The lowest BCUT2D eigenvalue weighted by molar-refractivity contribution is 0.104. The van der Waals surface area contributed by atoms with Gasteiger partial charge in [-0.2, -0.15) is 0 Å². The lowest BCUT2D eigenvalue weighted by Crippen LogP contribution is -2.38. The van der Waals surface area contributed by atoms with Gasteiger partial charge in [0.2, 0.25) is 0 Å². The van der Waals surface area contributed by atoms with E-state index in [2.05, 4.69) is 4.98 Å². The first kappa shape index (κ1) is 12.6. The van der Waals surface area contributed by atoms with Gasteiger partial charge >= 0.3 is 11.7 Å². The average Bonchev–Trinajstić information content (AvgIpc) is 2.68. The standard InChI is InChI=1S/C11H13N3O3S/c1-3-13(4-2)11(16)17-14-10(15)8-6-5-7-12-9(8)18-14/h5-7H,3-4H2,1-2H3. The molecule has 6 nitrogen and oxygen atoms in total. The van der Waals surface area contributed by atoms with Gasteiger partial charge < -0.3 is 9.74 Å². The van der Waals surface area contributed by atoms with Gasteiger partial charge in [0.05, 0.1) is 5.39 Å². The summed E-state index contributed by atoms with van der Waals surface area (Å²) in [5.41, 5.74) is -0.358. The van der Waals surface area contributed by atoms with Crippen LogP contribution in [-0.4, -0.2) is 33.2 Å². The molecular formula is C11H13N3O3S. The second kappa shape index (κ2) is 5.18. The van der Waals surface area contributed by atoms with E-state index >= 15 is 0 Å². The molecule has 18 heavy (non-hydrogen) atoms. The van der Waals surface area contributed by atoms with Gasteiger partial charge in [0, 0.05) is 30.8 Å². The summed E-state index contributed by atoms with van der Waals surface area (Å²) in [4.78, 5) is 34.8. The highest BCUT2D eigenvalue weighted by molar-refractivity contribution is 7.13. The van der Waals surface area contributed by atoms with Gasteiger partial charge in [-0.3, -0.25) is 4.79 Å². The Labute approximate surface area is 108 Å². The molecule has 0 N–H and O–H groups in total. The van der Waals surface area contributed by atoms with E-state index in [4.69, 9.17) is 4.84 Å². The Balaban J connectivity index is 2.30. The summed E-state index contributed by atoms with van der Waals surface area (Å²) in [5.74, 6) is 0. The third-order valence-corrected chi connectivity index (χ3v) is 3.42. The smallest absolute Gasteiger partial charge is 0.307 e. The van der Waals surface area contributed by atoms with Crippen molar-refractivity contribution < 1.29 is 9.63 Å². The summed E-state index contributed by atoms with van der Waals surface area (Å²) in [7, 11) is 0. The maximum atomic E-state index is 11.9. The molecule has 0 saturated carbocycles. The zero-order valence-electron chi connectivity index (χ0n) is 10.1. The van der Waals surface area contributed by atoms with Gasteiger partial charge in [-0.15, -0.1) is 0 Å². The summed E-state index contributed by atoms with van der Waals surface area (Å²) in [6, 6.07) is 3.33. The maximum absolute atomic E-state index is 11.9. The summed E-state index contributed by atoms with van der Waals surface area (Å²) < 4.78 is 0.971. The van der Waals surface area contributed by atoms with Crippen molar-refractivity contribution in [1.29, 1.82) is 0 Å². The molecule has 0 radical (unpaired) electrons. The Morgan fingerprint density at radius 2 is 2.22 bits per heavy atom. The van der Waals surface area contributed by atoms with E-state index in [1.165, 1.54) is 4.90 Å². The molecule has 2 rings (SSSR count). The predicted molar refractivity (Wildman–Crippen MR) is 68.8 cm³/mol. The topological polar surface area (TPSA) is 64.4 Å². The molecule has 0 bridgehead atoms. The Bertz CT molecular complexity index is 615. The molecule has 0 fully saturated rings. The first-order valence-corrected chi connectivity index (χ1v) is 6.39. The van der Waals surface area contributed by atoms with Crippen molar-refractivity contribution in [3.8, 4) is 0 Å². The molecule has 2 heterocycles. The normalized spacial score (nSPS) is 10.6. The second-order valence-electron chi connectivity index (χ2n) is 3.54. The summed E-state index contributed by atoms with van der Waals surface area (Å²) in [6.45, 7) is 4.76. The third-order valence-electron chi connectivity index (χ3n) is 2.52. The molecule has 96 valence electrons. The van der Waals surface area contributed by atoms with Crippen molar-refractivity contribution in [2.75, 3.05) is 13.1 Å². The average molecular weight is 267 g/mol. The van der Waals surface area contributed by atoms with Crippen LogP contribution in [0.5, 0.6) is 0 Å². The Kier molecular flexibility index (Phi) is 3.61. The first-order valence-electron chi connectivity index (χ1n) is 5.61. The lowest BCUT2D eigenvalue weighted by Gasteiger charge is -2.16. The fourth-order valence-corrected chi connectivity index (χ4v) is 2.32. The van der Waals surface area contributed by atoms with Gasteiger partial charge in [0.15, 0.2) is 0 Å². The molecule has 7 heteroatoms. The lowest BCUT2D eigenvalue weighted by atomic mass is 10.4. The van der Waals surface area contributed by atoms with Crippen LogP contribution in [0.2, 0.25) is 0 Å². The van der Waals surface area contributed by atoms with Crippen molar-refractivity contribution in [3.05, 3.63) is 28.7 Å². The van der Waals surface area contributed by atoms with Crippen LogP contribution in [-0.2, 0) is 0 Å². The molecule has 0 unspecified atom stereocenters. The van der Waals surface area contributed by atoms with E-state index in [0.29, 0.717) is 23.3 Å². The number of carbonyl (C=O) groups is 1. The van der Waals surface area contributed by atoms with E-state index in [-0.39, 0.29) is 5.56 Å². The highest BCUT2D eigenvalue weighted by Crippen LogP contribution is 2.11. The van der Waals surface area contributed by atoms with Gasteiger partial charge in [-0.05, 0) is 26.0 Å². The molecule has 0 aliphatic heterocycles. The highest BCUT2D eigenvalue weighted by Gasteiger charge is 2.16. The molecule has 2 aromatic rings. The highest BCUT2D eigenvalue weighted by atomic mass is 32.1. The Morgan fingerprint density at radius 1 is 1.50 bits per heavy atom. The number of hydrogen-bond acceptors (Lipinski definition) is 5. The molecule has 0 saturated heterocycles. The molecule has 0 atom stereocenters. The molecule has 0 aliphatic rings. The van der Waals surface area contributed by atoms with Gasteiger partial charge in [0.1, 0.15) is 4.83 Å². The summed E-state index contributed by atoms with van der Waals surface area (Å²) in [6.07, 6.45) is 1.06. The van der Waals surface area contributed by atoms with Crippen molar-refractivity contribution in [3.63, 3.8) is 0 Å². The van der Waals surface area contributed by atoms with Crippen molar-refractivity contribution in [2.24, 2.45) is 0 Å². The first-order chi connectivity index (χ1) is 8.67. The fourth-order valence-electron chi connectivity index (χ4n) is 1.52. The molecule has 2 aromatic heterocycles. The van der Waals surface area contributed by atoms with Crippen molar-refractivity contribution >= 4 is 27.8 Å². The summed E-state index contributed by atoms with van der Waals surface area (Å²) in [5, 5.41) is 0.454. The molecule has 0 spiro atoms. The summed E-state index contributed by atoms with van der Waals surface area (Å²) >= 11 is 1.01. The SMILES string of the molecule is CCN(CC)C(=O)On1sc2ncccc2c1=O. The molecule has 0 aliphatic carbocycles. The third kappa shape index (κ3) is 2.21. The molecule has 1 amide bonds. The monoisotopic (exact) mass is 267 g/mol. The predicted octanol–water partition coefficient (Wildman–Crippen LogP) is 1.35. The number of rotatable bonds is 3. The number of nitrogens with zero attached hydrogens (tertiary/aromatic N) is 3. The van der Waals surface area contributed by atoms with Gasteiger partial charge in [-0.25, -0.2) is 9.78 Å². The van der Waals surface area contributed by atoms with Crippen LogP contribution < -0.4 is 10.4 Å². The maximum Gasteiger partial charge on any atom is 0.435 e. The number of amides is 1. The minimum Gasteiger partial charge on any atom is -0.307 e. The van der Waals surface area contributed by atoms with Crippen molar-refractivity contribution in [1.82, 2.24) is 14.0 Å². The zero-order valence-corrected chi connectivity index (χ0v) is 10.9. The van der Waals surface area contributed by atoms with Crippen LogP contribution in [0.15, 0.2) is 23.1 Å². The Morgan fingerprint density at radius 3 is 2.83 bits per heavy atom. The zero-order chi connectivity index (χ0) is 13.1. The second-order valence-corrected chi connectivity index (χ2v) is 4.44. The van der Waals surface area contributed by atoms with Crippen LogP contribution in [0.1, 0.15) is 13.8 Å². The van der Waals surface area contributed by atoms with E-state index in [1.54, 1.807) is 18.3 Å². The number of aromatic nitrogens is 2. The number of hydrogen-bond donors (Lipinski definition) is 0. The van der Waals surface area contributed by atoms with E-state index in [0.717, 1.165) is 15.7 Å². The molecular weight excluding hydrogens is 254 g/mol. The van der Waals surface area contributed by atoms with Crippen molar-refractivity contribution in [2.45, 2.75) is 13.8 Å². The minimum absolute atomic E-state index is 0.358. The van der Waals surface area contributed by atoms with E-state index in [9.17, 15) is 9.59 Å². The number of fused-ring (bicyclic) bond motifs is 1. The van der Waals surface area contributed by atoms with Gasteiger partial charge in [-0.1, -0.05) is 4.12 Å². The van der Waals surface area contributed by atoms with Crippen LogP contribution in [0.25, 0.3) is 10.2 Å². The quantitative estimate of drug-likeness (QED) is 0.842. The largest absolute Gasteiger partial charge is 0.435 e. The van der Waals surface area contributed by atoms with Crippen LogP contribution in [0, 0.1) is 0 Å². The van der Waals surface area contributed by atoms with Crippen LogP contribution >= 0.6 is 11.5 Å². The van der Waals surface area contributed by atoms with E-state index < -0.39 is 6.09 Å². The van der Waals surface area contributed by atoms with Gasteiger partial charge in [0.25, 0.3) is 0 Å². The Hall–Kier alpha value is -1.89. The molecule has 0 aromatic carbocycles. The van der Waals surface area contributed by atoms with E-state index in [1.807, 2.05) is 13.8 Å². The minimum atomic E-state index is -0.534. The fraction of sp³-hybridized carbons (Fsp3) is 0.364. The number of pyridine rings is 1.